The van der Waals surface area contributed by atoms with Crippen LogP contribution in [-0.4, -0.2) is 0 Å². The van der Waals surface area contributed by atoms with E-state index in [2.05, 4.69) is 22.6 Å². The van der Waals surface area contributed by atoms with Crippen molar-refractivity contribution in [1.82, 2.24) is 0 Å². The molecule has 8 N–H and O–H groups in total. The molecular weight excluding hydrogens is 267 g/mol. The van der Waals surface area contributed by atoms with Crippen LogP contribution in [0.3, 0.4) is 0 Å². The lowest BCUT2D eigenvalue weighted by molar-refractivity contribution is 1.45. The fraction of sp³-hybridized carbons (Fsp3) is 0.143. The van der Waals surface area contributed by atoms with Crippen LogP contribution in [0.2, 0.25) is 0 Å². The van der Waals surface area contributed by atoms with E-state index in [1.165, 1.54) is 0 Å². The minimum absolute atomic E-state index is 0.422. The highest BCUT2D eigenvalue weighted by Crippen LogP contribution is 2.36. The predicted molar refractivity (Wildman–Crippen MR) is 61.5 cm³/mol. The van der Waals surface area contributed by atoms with Crippen LogP contribution in [0, 0.1) is 10.5 Å². The van der Waals surface area contributed by atoms with Gasteiger partial charge >= 0.3 is 0 Å². The Morgan fingerprint density at radius 3 is 1.83 bits per heavy atom. The number of hydrogen-bond acceptors (Lipinski definition) is 4. The van der Waals surface area contributed by atoms with Gasteiger partial charge in [0.15, 0.2) is 0 Å². The maximum Gasteiger partial charge on any atom is 0.0796 e. The van der Waals surface area contributed by atoms with Gasteiger partial charge < -0.3 is 22.9 Å². The first-order valence-corrected chi connectivity index (χ1v) is 4.42. The van der Waals surface area contributed by atoms with E-state index in [0.717, 1.165) is 9.13 Å². The lowest BCUT2D eigenvalue weighted by Crippen LogP contribution is -2.07. The summed E-state index contributed by atoms with van der Waals surface area (Å²) in [5.41, 5.74) is 25.5. The molecule has 0 bridgehead atoms. The molecular formula is C7H11IN4. The van der Waals surface area contributed by atoms with Gasteiger partial charge in [0.1, 0.15) is 0 Å². The van der Waals surface area contributed by atoms with E-state index in [-0.39, 0.29) is 0 Å². The Morgan fingerprint density at radius 1 is 0.833 bits per heavy atom. The Bertz CT molecular complexity index is 230. The molecule has 0 aliphatic carbocycles. The Labute approximate surface area is 84.4 Å². The van der Waals surface area contributed by atoms with Crippen LogP contribution in [-0.2, 0) is 0 Å². The summed E-state index contributed by atoms with van der Waals surface area (Å²) in [4.78, 5) is 0. The molecule has 0 heterocycles. The molecule has 0 amide bonds. The van der Waals surface area contributed by atoms with Gasteiger partial charge in [-0.15, -0.1) is 0 Å². The van der Waals surface area contributed by atoms with Crippen molar-refractivity contribution in [3.05, 3.63) is 9.13 Å². The van der Waals surface area contributed by atoms with Crippen molar-refractivity contribution in [3.8, 4) is 0 Å². The quantitative estimate of drug-likeness (QED) is 0.418. The highest BCUT2D eigenvalue weighted by Gasteiger charge is 2.12. The van der Waals surface area contributed by atoms with Crippen molar-refractivity contribution < 1.29 is 0 Å². The third kappa shape index (κ3) is 1.13. The molecule has 4 nitrogen and oxygen atoms in total. The van der Waals surface area contributed by atoms with Crippen LogP contribution in [0.5, 0.6) is 0 Å². The second kappa shape index (κ2) is 2.89. The van der Waals surface area contributed by atoms with Gasteiger partial charge in [-0.05, 0) is 35.1 Å². The number of nitrogen functional groups attached to an aromatic ring is 4. The van der Waals surface area contributed by atoms with E-state index in [4.69, 9.17) is 22.9 Å². The lowest BCUT2D eigenvalue weighted by atomic mass is 10.1. The van der Waals surface area contributed by atoms with Crippen LogP contribution in [0.1, 0.15) is 5.56 Å². The molecule has 0 aliphatic heterocycles. The summed E-state index contributed by atoms with van der Waals surface area (Å²) in [6.07, 6.45) is 0. The highest BCUT2D eigenvalue weighted by molar-refractivity contribution is 14.1. The van der Waals surface area contributed by atoms with Gasteiger partial charge in [0.05, 0.1) is 26.3 Å². The normalized spacial score (nSPS) is 10.2. The molecule has 0 radical (unpaired) electrons. The molecule has 0 saturated carbocycles. The summed E-state index contributed by atoms with van der Waals surface area (Å²) in [6, 6.07) is 0. The Hall–Kier alpha value is -0.850. The van der Waals surface area contributed by atoms with Crippen LogP contribution < -0.4 is 22.9 Å². The zero-order valence-corrected chi connectivity index (χ0v) is 8.84. The zero-order chi connectivity index (χ0) is 9.46. The molecule has 0 aliphatic rings. The van der Waals surface area contributed by atoms with Crippen LogP contribution >= 0.6 is 22.6 Å². The van der Waals surface area contributed by atoms with Crippen LogP contribution in [0.4, 0.5) is 22.7 Å². The lowest BCUT2D eigenvalue weighted by Gasteiger charge is -2.12. The van der Waals surface area contributed by atoms with E-state index in [1.54, 1.807) is 0 Å². The predicted octanol–water partition coefficient (Wildman–Crippen LogP) is 0.928. The monoisotopic (exact) mass is 278 g/mol. The third-order valence-corrected chi connectivity index (χ3v) is 3.02. The number of hydrogen-bond donors (Lipinski definition) is 4. The molecule has 0 aromatic heterocycles. The van der Waals surface area contributed by atoms with E-state index in [9.17, 15) is 0 Å². The van der Waals surface area contributed by atoms with Crippen molar-refractivity contribution in [3.63, 3.8) is 0 Å². The summed E-state index contributed by atoms with van der Waals surface area (Å²) in [5, 5.41) is 0. The highest BCUT2D eigenvalue weighted by atomic mass is 127. The molecule has 12 heavy (non-hydrogen) atoms. The number of anilines is 4. The van der Waals surface area contributed by atoms with Gasteiger partial charge in [-0.2, -0.15) is 0 Å². The molecule has 1 rings (SSSR count). The molecule has 66 valence electrons. The number of halogens is 1. The summed E-state index contributed by atoms with van der Waals surface area (Å²) in [7, 11) is 0. The van der Waals surface area contributed by atoms with E-state index in [1.807, 2.05) is 6.92 Å². The first-order valence-electron chi connectivity index (χ1n) is 3.34. The smallest absolute Gasteiger partial charge is 0.0796 e. The molecule has 0 spiro atoms. The SMILES string of the molecule is Cc1c(N)c(N)c(N)c(I)c1N. The Balaban J connectivity index is 3.60. The van der Waals surface area contributed by atoms with Gasteiger partial charge in [0.25, 0.3) is 0 Å². The number of nitrogens with two attached hydrogens (primary N) is 4. The van der Waals surface area contributed by atoms with Gasteiger partial charge in [-0.25, -0.2) is 0 Å². The van der Waals surface area contributed by atoms with Gasteiger partial charge in [-0.3, -0.25) is 0 Å². The van der Waals surface area contributed by atoms with E-state index < -0.39 is 0 Å². The topological polar surface area (TPSA) is 104 Å². The number of benzene rings is 1. The summed E-state index contributed by atoms with van der Waals surface area (Å²) in [5.74, 6) is 0. The first kappa shape index (κ1) is 9.24. The van der Waals surface area contributed by atoms with E-state index >= 15 is 0 Å². The molecule has 0 unspecified atom stereocenters. The standard InChI is InChI=1S/C7H11IN4/c1-2-4(9)3(8)6(11)7(12)5(2)10/h9-12H2,1H3. The fourth-order valence-corrected chi connectivity index (χ4v) is 1.62. The molecule has 5 heteroatoms. The second-order valence-corrected chi connectivity index (χ2v) is 3.67. The van der Waals surface area contributed by atoms with Crippen molar-refractivity contribution in [2.24, 2.45) is 0 Å². The zero-order valence-electron chi connectivity index (χ0n) is 6.69. The molecule has 0 atom stereocenters. The molecule has 0 fully saturated rings. The average Bonchev–Trinajstić information content (AvgIpc) is 2.08. The molecule has 1 aromatic carbocycles. The summed E-state index contributed by atoms with van der Waals surface area (Å²) >= 11 is 2.05. The Morgan fingerprint density at radius 2 is 1.33 bits per heavy atom. The van der Waals surface area contributed by atoms with Gasteiger partial charge in [0, 0.05) is 0 Å². The van der Waals surface area contributed by atoms with Crippen molar-refractivity contribution in [2.45, 2.75) is 6.92 Å². The van der Waals surface area contributed by atoms with Crippen molar-refractivity contribution >= 4 is 45.3 Å². The maximum absolute atomic E-state index is 5.73. The second-order valence-electron chi connectivity index (χ2n) is 2.59. The summed E-state index contributed by atoms with van der Waals surface area (Å²) < 4.78 is 0.775. The van der Waals surface area contributed by atoms with Crippen LogP contribution in [0.15, 0.2) is 0 Å². The van der Waals surface area contributed by atoms with Crippen molar-refractivity contribution in [2.75, 3.05) is 22.9 Å². The fourth-order valence-electron chi connectivity index (χ4n) is 0.920. The molecule has 1 aromatic rings. The first-order chi connectivity index (χ1) is 5.46. The summed E-state index contributed by atoms with van der Waals surface area (Å²) in [6.45, 7) is 1.82. The Kier molecular flexibility index (Phi) is 2.22. The minimum atomic E-state index is 0.422. The van der Waals surface area contributed by atoms with E-state index in [0.29, 0.717) is 22.7 Å². The average molecular weight is 278 g/mol. The van der Waals surface area contributed by atoms with Crippen LogP contribution in [0.25, 0.3) is 0 Å². The minimum Gasteiger partial charge on any atom is -0.398 e. The van der Waals surface area contributed by atoms with Gasteiger partial charge in [-0.1, -0.05) is 0 Å². The number of rotatable bonds is 0. The maximum atomic E-state index is 5.73. The largest absolute Gasteiger partial charge is 0.398 e. The van der Waals surface area contributed by atoms with Crippen molar-refractivity contribution in [1.29, 1.82) is 0 Å². The third-order valence-electron chi connectivity index (χ3n) is 1.86. The van der Waals surface area contributed by atoms with Gasteiger partial charge in [0.2, 0.25) is 0 Å². The molecule has 0 saturated heterocycles.